The minimum atomic E-state index is 1.09. The van der Waals surface area contributed by atoms with Crippen LogP contribution in [0.15, 0.2) is 24.4 Å². The van der Waals surface area contributed by atoms with Gasteiger partial charge in [-0.1, -0.05) is 17.7 Å². The Morgan fingerprint density at radius 3 is 2.13 bits per heavy atom. The van der Waals surface area contributed by atoms with Gasteiger partial charge >= 0.3 is 0 Å². The first-order valence-electron chi connectivity index (χ1n) is 8.02. The van der Waals surface area contributed by atoms with Crippen LogP contribution >= 0.6 is 0 Å². The third-order valence-electron chi connectivity index (χ3n) is 4.75. The summed E-state index contributed by atoms with van der Waals surface area (Å²) in [6.07, 6.45) is 1.92. The summed E-state index contributed by atoms with van der Waals surface area (Å²) in [4.78, 5) is 6.89. The summed E-state index contributed by atoms with van der Waals surface area (Å²) < 4.78 is 2.27. The molecule has 2 heterocycles. The van der Waals surface area contributed by atoms with Crippen molar-refractivity contribution in [2.45, 2.75) is 27.7 Å². The summed E-state index contributed by atoms with van der Waals surface area (Å²) >= 11 is 0. The first-order valence-corrected chi connectivity index (χ1v) is 8.02. The topological polar surface area (TPSA) is 21.1 Å². The summed E-state index contributed by atoms with van der Waals surface area (Å²) in [5.41, 5.74) is 11.3. The average Bonchev–Trinajstić information content (AvgIpc) is 2.71. The monoisotopic (exact) mass is 307 g/mol. The number of fused-ring (bicyclic) bond motifs is 1. The van der Waals surface area contributed by atoms with Crippen molar-refractivity contribution in [1.29, 1.82) is 0 Å². The lowest BCUT2D eigenvalue weighted by Gasteiger charge is -2.14. The van der Waals surface area contributed by atoms with Gasteiger partial charge in [-0.05, 0) is 50.5 Å². The van der Waals surface area contributed by atoms with Crippen LogP contribution in [0.3, 0.4) is 0 Å². The summed E-state index contributed by atoms with van der Waals surface area (Å²) in [6, 6.07) is 6.60. The van der Waals surface area contributed by atoms with Crippen molar-refractivity contribution in [3.05, 3.63) is 46.8 Å². The van der Waals surface area contributed by atoms with Crippen molar-refractivity contribution >= 4 is 16.7 Å². The van der Waals surface area contributed by atoms with Crippen molar-refractivity contribution in [3.63, 3.8) is 0 Å². The van der Waals surface area contributed by atoms with E-state index in [1.165, 1.54) is 44.7 Å². The number of hydrogen-bond donors (Lipinski definition) is 0. The van der Waals surface area contributed by atoms with E-state index in [1.54, 1.807) is 0 Å². The number of nitrogens with zero attached hydrogens (tertiary/aromatic N) is 3. The molecule has 23 heavy (non-hydrogen) atoms. The number of pyridine rings is 1. The maximum atomic E-state index is 4.74. The molecule has 0 saturated heterocycles. The zero-order valence-corrected chi connectivity index (χ0v) is 15.2. The zero-order valence-electron chi connectivity index (χ0n) is 15.2. The summed E-state index contributed by atoms with van der Waals surface area (Å²) in [6.45, 7) is 8.74. The molecule has 0 N–H and O–H groups in total. The van der Waals surface area contributed by atoms with Crippen LogP contribution < -0.4 is 4.90 Å². The number of rotatable bonds is 2. The normalized spacial score (nSPS) is 11.3. The molecule has 1 aromatic carbocycles. The van der Waals surface area contributed by atoms with Crippen LogP contribution in [0.1, 0.15) is 22.4 Å². The van der Waals surface area contributed by atoms with Gasteiger partial charge in [0.05, 0.1) is 16.7 Å². The molecule has 0 atom stereocenters. The second-order valence-electron chi connectivity index (χ2n) is 6.71. The zero-order chi connectivity index (χ0) is 16.9. The molecule has 120 valence electrons. The molecule has 3 rings (SSSR count). The standard InChI is InChI=1S/C20H25N3/c1-12-10-13(2)17(14(3)11-12)18-15(4)23(7)20-16(22(5)6)8-9-21-19(18)20/h8-11H,1-7H3. The van der Waals surface area contributed by atoms with Crippen LogP contribution in [0, 0.1) is 27.7 Å². The van der Waals surface area contributed by atoms with Crippen molar-refractivity contribution in [3.8, 4) is 11.1 Å². The van der Waals surface area contributed by atoms with Crippen LogP contribution in [-0.2, 0) is 7.05 Å². The average molecular weight is 307 g/mol. The predicted molar refractivity (Wildman–Crippen MR) is 99.4 cm³/mol. The van der Waals surface area contributed by atoms with E-state index in [-0.39, 0.29) is 0 Å². The fourth-order valence-corrected chi connectivity index (χ4v) is 3.70. The Balaban J connectivity index is 2.45. The highest BCUT2D eigenvalue weighted by atomic mass is 15.1. The van der Waals surface area contributed by atoms with Crippen molar-refractivity contribution in [2.24, 2.45) is 7.05 Å². The highest BCUT2D eigenvalue weighted by Crippen LogP contribution is 2.39. The van der Waals surface area contributed by atoms with E-state index in [9.17, 15) is 0 Å². The van der Waals surface area contributed by atoms with E-state index >= 15 is 0 Å². The van der Waals surface area contributed by atoms with E-state index in [4.69, 9.17) is 4.98 Å². The summed E-state index contributed by atoms with van der Waals surface area (Å²) in [7, 11) is 6.30. The van der Waals surface area contributed by atoms with Gasteiger partial charge in [0.15, 0.2) is 0 Å². The molecule has 3 heteroatoms. The third kappa shape index (κ3) is 2.31. The molecule has 0 radical (unpaired) electrons. The SMILES string of the molecule is Cc1cc(C)c(-c2c(C)n(C)c3c(N(C)C)ccnc23)c(C)c1. The molecule has 0 spiro atoms. The van der Waals surface area contributed by atoms with Gasteiger partial charge in [-0.25, -0.2) is 0 Å². The van der Waals surface area contributed by atoms with E-state index in [1.807, 2.05) is 6.20 Å². The summed E-state index contributed by atoms with van der Waals surface area (Å²) in [5.74, 6) is 0. The number of aromatic nitrogens is 2. The van der Waals surface area contributed by atoms with E-state index in [0.717, 1.165) is 5.52 Å². The highest BCUT2D eigenvalue weighted by molar-refractivity contribution is 6.02. The quantitative estimate of drug-likeness (QED) is 0.693. The Bertz CT molecular complexity index is 878. The molecule has 0 fully saturated rings. The molecule has 0 bridgehead atoms. The minimum Gasteiger partial charge on any atom is -0.376 e. The third-order valence-corrected chi connectivity index (χ3v) is 4.75. The highest BCUT2D eigenvalue weighted by Gasteiger charge is 2.20. The van der Waals surface area contributed by atoms with Crippen molar-refractivity contribution in [2.75, 3.05) is 19.0 Å². The molecule has 0 aliphatic carbocycles. The van der Waals surface area contributed by atoms with E-state index in [2.05, 4.69) is 76.5 Å². The van der Waals surface area contributed by atoms with Gasteiger partial charge in [-0.3, -0.25) is 4.98 Å². The van der Waals surface area contributed by atoms with Gasteiger partial charge < -0.3 is 9.47 Å². The summed E-state index contributed by atoms with van der Waals surface area (Å²) in [5, 5.41) is 0. The Morgan fingerprint density at radius 1 is 0.957 bits per heavy atom. The molecule has 0 aliphatic heterocycles. The van der Waals surface area contributed by atoms with Crippen molar-refractivity contribution < 1.29 is 0 Å². The maximum absolute atomic E-state index is 4.74. The largest absolute Gasteiger partial charge is 0.376 e. The Kier molecular flexibility index (Phi) is 3.67. The molecular weight excluding hydrogens is 282 g/mol. The van der Waals surface area contributed by atoms with Gasteiger partial charge in [-0.2, -0.15) is 0 Å². The molecule has 0 amide bonds. The lowest BCUT2D eigenvalue weighted by Crippen LogP contribution is -2.10. The predicted octanol–water partition coefficient (Wildman–Crippen LogP) is 4.54. The second-order valence-corrected chi connectivity index (χ2v) is 6.71. The van der Waals surface area contributed by atoms with Gasteiger partial charge in [0, 0.05) is 38.6 Å². The molecule has 3 aromatic rings. The lowest BCUT2D eigenvalue weighted by molar-refractivity contribution is 0.914. The van der Waals surface area contributed by atoms with E-state index < -0.39 is 0 Å². The fraction of sp³-hybridized carbons (Fsp3) is 0.350. The van der Waals surface area contributed by atoms with Gasteiger partial charge in [0.1, 0.15) is 0 Å². The van der Waals surface area contributed by atoms with Crippen LogP contribution in [0.4, 0.5) is 5.69 Å². The Labute approximate surface area is 138 Å². The molecule has 0 unspecified atom stereocenters. The number of aryl methyl sites for hydroxylation is 4. The lowest BCUT2D eigenvalue weighted by atomic mass is 9.93. The maximum Gasteiger partial charge on any atom is 0.0983 e. The Morgan fingerprint density at radius 2 is 1.57 bits per heavy atom. The number of hydrogen-bond acceptors (Lipinski definition) is 2. The second kappa shape index (κ2) is 5.41. The molecule has 0 aliphatic rings. The van der Waals surface area contributed by atoms with Gasteiger partial charge in [-0.15, -0.1) is 0 Å². The van der Waals surface area contributed by atoms with Crippen LogP contribution in [0.25, 0.3) is 22.2 Å². The smallest absolute Gasteiger partial charge is 0.0983 e. The number of benzene rings is 1. The van der Waals surface area contributed by atoms with Crippen LogP contribution in [0.5, 0.6) is 0 Å². The first kappa shape index (κ1) is 15.6. The van der Waals surface area contributed by atoms with Crippen LogP contribution in [0.2, 0.25) is 0 Å². The molecule has 3 nitrogen and oxygen atoms in total. The number of anilines is 1. The minimum absolute atomic E-state index is 1.09. The van der Waals surface area contributed by atoms with Gasteiger partial charge in [0.2, 0.25) is 0 Å². The first-order chi connectivity index (χ1) is 10.8. The van der Waals surface area contributed by atoms with E-state index in [0.29, 0.717) is 0 Å². The Hall–Kier alpha value is -2.29. The molecular formula is C20H25N3. The fourth-order valence-electron chi connectivity index (χ4n) is 3.70. The van der Waals surface area contributed by atoms with Gasteiger partial charge in [0.25, 0.3) is 0 Å². The molecule has 0 saturated carbocycles. The molecule has 2 aromatic heterocycles. The van der Waals surface area contributed by atoms with Crippen molar-refractivity contribution in [1.82, 2.24) is 9.55 Å². The van der Waals surface area contributed by atoms with Crippen LogP contribution in [-0.4, -0.2) is 23.6 Å².